The third kappa shape index (κ3) is 3.72. The van der Waals surface area contributed by atoms with Crippen LogP contribution in [0, 0.1) is 5.41 Å². The summed E-state index contributed by atoms with van der Waals surface area (Å²) in [5.74, 6) is 2.75. The van der Waals surface area contributed by atoms with Crippen LogP contribution >= 0.6 is 22.9 Å². The van der Waals surface area contributed by atoms with Gasteiger partial charge >= 0.3 is 0 Å². The largest absolute Gasteiger partial charge is 0.461 e. The lowest BCUT2D eigenvalue weighted by Gasteiger charge is -2.39. The van der Waals surface area contributed by atoms with Crippen molar-refractivity contribution in [3.05, 3.63) is 28.8 Å². The molecule has 1 aliphatic heterocycles. The number of carbonyl (C=O) groups excluding carboxylic acids is 1. The molecule has 8 heteroatoms. The molecular formula is C23H27ClN4O2S. The number of nitrogens with zero attached hydrogens (tertiary/aromatic N) is 4. The molecule has 1 fully saturated rings. The van der Waals surface area contributed by atoms with Crippen molar-refractivity contribution >= 4 is 44.9 Å². The number of anilines is 1. The van der Waals surface area contributed by atoms with E-state index in [2.05, 4.69) is 4.90 Å². The van der Waals surface area contributed by atoms with E-state index >= 15 is 0 Å². The van der Waals surface area contributed by atoms with Gasteiger partial charge < -0.3 is 14.2 Å². The van der Waals surface area contributed by atoms with Crippen LogP contribution in [-0.2, 0) is 17.6 Å². The molecule has 31 heavy (non-hydrogen) atoms. The first-order valence-electron chi connectivity index (χ1n) is 10.9. The number of fused-ring (bicyclic) bond motifs is 3. The Hall–Kier alpha value is -2.12. The maximum atomic E-state index is 12.9. The number of hydrogen-bond acceptors (Lipinski definition) is 6. The summed E-state index contributed by atoms with van der Waals surface area (Å²) in [4.78, 5) is 29.5. The second kappa shape index (κ2) is 8.10. The molecule has 0 saturated carbocycles. The number of hydrogen-bond donors (Lipinski definition) is 0. The number of rotatable bonds is 4. The molecule has 1 aliphatic carbocycles. The molecule has 0 radical (unpaired) electrons. The van der Waals surface area contributed by atoms with Crippen molar-refractivity contribution in [1.82, 2.24) is 14.9 Å². The number of furan rings is 1. The van der Waals surface area contributed by atoms with E-state index in [0.717, 1.165) is 36.6 Å². The highest BCUT2D eigenvalue weighted by Crippen LogP contribution is 2.41. The molecule has 3 aromatic rings. The Balaban J connectivity index is 1.50. The minimum absolute atomic E-state index is 0.124. The van der Waals surface area contributed by atoms with Crippen LogP contribution in [0.25, 0.3) is 21.8 Å². The van der Waals surface area contributed by atoms with Crippen LogP contribution < -0.4 is 4.90 Å². The van der Waals surface area contributed by atoms with Crippen LogP contribution in [0.5, 0.6) is 0 Å². The van der Waals surface area contributed by atoms with Crippen LogP contribution in [0.15, 0.2) is 22.8 Å². The van der Waals surface area contributed by atoms with E-state index < -0.39 is 5.41 Å². The lowest BCUT2D eigenvalue weighted by atomic mass is 9.94. The fourth-order valence-corrected chi connectivity index (χ4v) is 5.86. The first kappa shape index (κ1) is 20.8. The molecule has 1 amide bonds. The number of thiophene rings is 1. The Morgan fingerprint density at radius 1 is 1.19 bits per heavy atom. The lowest BCUT2D eigenvalue weighted by Crippen LogP contribution is -2.52. The van der Waals surface area contributed by atoms with Crippen LogP contribution in [0.2, 0.25) is 0 Å². The fraction of sp³-hybridized carbons (Fsp3) is 0.522. The van der Waals surface area contributed by atoms with Gasteiger partial charge in [0.25, 0.3) is 0 Å². The van der Waals surface area contributed by atoms with Crippen LogP contribution in [-0.4, -0.2) is 52.8 Å². The molecule has 0 aromatic carbocycles. The molecule has 4 heterocycles. The van der Waals surface area contributed by atoms with E-state index in [-0.39, 0.29) is 5.91 Å². The zero-order valence-corrected chi connectivity index (χ0v) is 19.6. The number of piperazine rings is 1. The third-order valence-corrected chi connectivity index (χ3v) is 8.17. The summed E-state index contributed by atoms with van der Waals surface area (Å²) < 4.78 is 5.61. The molecule has 0 atom stereocenters. The zero-order valence-electron chi connectivity index (χ0n) is 18.0. The summed E-state index contributed by atoms with van der Waals surface area (Å²) in [7, 11) is 0. The van der Waals surface area contributed by atoms with E-state index in [1.54, 1.807) is 17.6 Å². The molecule has 0 N–H and O–H groups in total. The van der Waals surface area contributed by atoms with Crippen molar-refractivity contribution in [2.24, 2.45) is 5.41 Å². The highest BCUT2D eigenvalue weighted by Gasteiger charge is 2.34. The van der Waals surface area contributed by atoms with Crippen LogP contribution in [0.3, 0.4) is 0 Å². The summed E-state index contributed by atoms with van der Waals surface area (Å²) in [6.45, 7) is 6.67. The van der Waals surface area contributed by atoms with Crippen LogP contribution in [0.4, 0.5) is 5.82 Å². The molecule has 5 rings (SSSR count). The van der Waals surface area contributed by atoms with E-state index in [4.69, 9.17) is 26.0 Å². The van der Waals surface area contributed by atoms with Gasteiger partial charge in [0.05, 0.1) is 17.1 Å². The molecule has 6 nitrogen and oxygen atoms in total. The number of aryl methyl sites for hydroxylation is 2. The van der Waals surface area contributed by atoms with Crippen molar-refractivity contribution < 1.29 is 9.21 Å². The number of aromatic nitrogens is 2. The summed E-state index contributed by atoms with van der Waals surface area (Å²) in [5, 5.41) is 1.20. The van der Waals surface area contributed by atoms with Gasteiger partial charge in [0.15, 0.2) is 11.6 Å². The van der Waals surface area contributed by atoms with Crippen molar-refractivity contribution in [1.29, 1.82) is 0 Å². The summed E-state index contributed by atoms with van der Waals surface area (Å²) in [6.07, 6.45) is 6.33. The number of carbonyl (C=O) groups is 1. The van der Waals surface area contributed by atoms with Gasteiger partial charge in [-0.3, -0.25) is 4.79 Å². The van der Waals surface area contributed by atoms with Crippen LogP contribution in [0.1, 0.15) is 37.1 Å². The average Bonchev–Trinajstić information content (AvgIpc) is 3.46. The predicted octanol–water partition coefficient (Wildman–Crippen LogP) is 4.74. The summed E-state index contributed by atoms with van der Waals surface area (Å²) in [5.41, 5.74) is 0.888. The minimum atomic E-state index is -0.537. The molecule has 3 aromatic heterocycles. The van der Waals surface area contributed by atoms with E-state index in [1.165, 1.54) is 28.7 Å². The number of alkyl halides is 1. The third-order valence-electron chi connectivity index (χ3n) is 6.32. The number of halogens is 1. The molecule has 1 saturated heterocycles. The van der Waals surface area contributed by atoms with Crippen molar-refractivity contribution in [3.63, 3.8) is 0 Å². The first-order chi connectivity index (χ1) is 15.0. The molecule has 164 valence electrons. The summed E-state index contributed by atoms with van der Waals surface area (Å²) >= 11 is 7.84. The Morgan fingerprint density at radius 2 is 1.97 bits per heavy atom. The Bertz CT molecular complexity index is 1100. The van der Waals surface area contributed by atoms with E-state index in [9.17, 15) is 4.79 Å². The van der Waals surface area contributed by atoms with Gasteiger partial charge in [0.1, 0.15) is 10.6 Å². The zero-order chi connectivity index (χ0) is 21.6. The normalized spacial score (nSPS) is 17.3. The standard InChI is InChI=1S/C23H27ClN4O2S/c1-23(2,14-24)22(29)28-11-9-27(10-12-28)20-18-15-6-3-4-8-17(15)31-21(18)26-19(25-20)16-7-5-13-30-16/h5,7,13H,3-4,6,8-12,14H2,1-2H3. The number of amides is 1. The molecule has 2 aliphatic rings. The predicted molar refractivity (Wildman–Crippen MR) is 125 cm³/mol. The van der Waals surface area contributed by atoms with Gasteiger partial charge in [-0.25, -0.2) is 9.97 Å². The monoisotopic (exact) mass is 458 g/mol. The van der Waals surface area contributed by atoms with Gasteiger partial charge in [-0.1, -0.05) is 0 Å². The smallest absolute Gasteiger partial charge is 0.229 e. The topological polar surface area (TPSA) is 62.5 Å². The van der Waals surface area contributed by atoms with Gasteiger partial charge in [-0.2, -0.15) is 0 Å². The highest BCUT2D eigenvalue weighted by atomic mass is 35.5. The van der Waals surface area contributed by atoms with Gasteiger partial charge in [0.2, 0.25) is 5.91 Å². The molecule has 0 unspecified atom stereocenters. The van der Waals surface area contributed by atoms with Gasteiger partial charge in [0, 0.05) is 36.9 Å². The fourth-order valence-electron chi connectivity index (χ4n) is 4.49. The average molecular weight is 459 g/mol. The first-order valence-corrected chi connectivity index (χ1v) is 12.3. The van der Waals surface area contributed by atoms with Gasteiger partial charge in [-0.15, -0.1) is 22.9 Å². The van der Waals surface area contributed by atoms with Crippen molar-refractivity contribution in [2.75, 3.05) is 37.0 Å². The molecule has 0 spiro atoms. The summed E-state index contributed by atoms with van der Waals surface area (Å²) in [6, 6.07) is 3.77. The van der Waals surface area contributed by atoms with E-state index in [0.29, 0.717) is 30.6 Å². The maximum Gasteiger partial charge on any atom is 0.229 e. The molecular weight excluding hydrogens is 432 g/mol. The second-order valence-electron chi connectivity index (χ2n) is 9.04. The van der Waals surface area contributed by atoms with Crippen molar-refractivity contribution in [2.45, 2.75) is 39.5 Å². The minimum Gasteiger partial charge on any atom is -0.461 e. The van der Waals surface area contributed by atoms with Gasteiger partial charge in [-0.05, 0) is 57.2 Å². The molecule has 0 bridgehead atoms. The van der Waals surface area contributed by atoms with Crippen molar-refractivity contribution in [3.8, 4) is 11.6 Å². The quantitative estimate of drug-likeness (QED) is 0.528. The SMILES string of the molecule is CC(C)(CCl)C(=O)N1CCN(c2nc(-c3ccco3)nc3sc4c(c23)CCCC4)CC1. The lowest BCUT2D eigenvalue weighted by molar-refractivity contribution is -0.139. The second-order valence-corrected chi connectivity index (χ2v) is 10.4. The maximum absolute atomic E-state index is 12.9. The Labute approximate surface area is 191 Å². The Kier molecular flexibility index (Phi) is 5.42. The van der Waals surface area contributed by atoms with E-state index in [1.807, 2.05) is 30.9 Å². The highest BCUT2D eigenvalue weighted by molar-refractivity contribution is 7.19. The Morgan fingerprint density at radius 3 is 2.68 bits per heavy atom.